The number of aromatic nitrogens is 3. The Kier molecular flexibility index (Phi) is 2.35. The first kappa shape index (κ1) is 11.8. The Morgan fingerprint density at radius 3 is 2.44 bits per heavy atom. The summed E-state index contributed by atoms with van der Waals surface area (Å²) in [5.41, 5.74) is 3.29. The first-order chi connectivity index (χ1) is 8.41. The summed E-state index contributed by atoms with van der Waals surface area (Å²) in [6.45, 7) is 10.2. The standard InChI is InChI=1S/C14H20BN3/c1-13(2)9-15(10-14(13,3)4)11-8-17-18-12(11)6-5-7-16-18/h5-8H,9-10H2,1-4H3. The molecule has 0 saturated carbocycles. The second kappa shape index (κ2) is 3.59. The van der Waals surface area contributed by atoms with Crippen LogP contribution >= 0.6 is 0 Å². The Labute approximate surface area is 109 Å². The van der Waals surface area contributed by atoms with Gasteiger partial charge < -0.3 is 0 Å². The van der Waals surface area contributed by atoms with E-state index in [1.165, 1.54) is 18.1 Å². The molecule has 1 aliphatic heterocycles. The Bertz CT molecular complexity index is 569. The smallest absolute Gasteiger partial charge is 0.159 e. The maximum absolute atomic E-state index is 4.36. The lowest BCUT2D eigenvalue weighted by atomic mass is 9.42. The molecule has 1 aliphatic rings. The van der Waals surface area contributed by atoms with E-state index in [9.17, 15) is 0 Å². The summed E-state index contributed by atoms with van der Waals surface area (Å²) in [7, 11) is 0. The second-order valence-electron chi connectivity index (χ2n) is 6.87. The van der Waals surface area contributed by atoms with Gasteiger partial charge in [0, 0.05) is 12.4 Å². The molecule has 2 aromatic heterocycles. The number of fused-ring (bicyclic) bond motifs is 1. The van der Waals surface area contributed by atoms with Crippen molar-refractivity contribution in [2.45, 2.75) is 40.3 Å². The van der Waals surface area contributed by atoms with Gasteiger partial charge in [-0.2, -0.15) is 14.8 Å². The van der Waals surface area contributed by atoms with Crippen molar-refractivity contribution in [1.82, 2.24) is 14.8 Å². The number of rotatable bonds is 1. The maximum Gasteiger partial charge on any atom is 0.182 e. The fourth-order valence-corrected chi connectivity index (χ4v) is 3.24. The molecular formula is C14H20BN3. The molecule has 94 valence electrons. The van der Waals surface area contributed by atoms with Crippen LogP contribution in [0.4, 0.5) is 0 Å². The molecule has 3 heterocycles. The predicted octanol–water partition coefficient (Wildman–Crippen LogP) is 2.50. The van der Waals surface area contributed by atoms with Crippen LogP contribution < -0.4 is 5.46 Å². The zero-order chi connectivity index (χ0) is 13.0. The van der Waals surface area contributed by atoms with Crippen LogP contribution in [-0.4, -0.2) is 21.5 Å². The summed E-state index contributed by atoms with van der Waals surface area (Å²) >= 11 is 0. The van der Waals surface area contributed by atoms with Gasteiger partial charge in [-0.15, -0.1) is 0 Å². The van der Waals surface area contributed by atoms with Crippen LogP contribution in [0.25, 0.3) is 5.52 Å². The minimum Gasteiger partial charge on any atom is -0.159 e. The Morgan fingerprint density at radius 1 is 1.11 bits per heavy atom. The monoisotopic (exact) mass is 241 g/mol. The molecule has 0 atom stereocenters. The summed E-state index contributed by atoms with van der Waals surface area (Å²) in [6, 6.07) is 4.11. The summed E-state index contributed by atoms with van der Waals surface area (Å²) in [5, 5.41) is 8.62. The van der Waals surface area contributed by atoms with E-state index in [1.807, 2.05) is 12.3 Å². The molecule has 0 N–H and O–H groups in total. The van der Waals surface area contributed by atoms with Crippen molar-refractivity contribution < 1.29 is 0 Å². The molecule has 4 heteroatoms. The van der Waals surface area contributed by atoms with Gasteiger partial charge in [-0.25, -0.2) is 0 Å². The lowest BCUT2D eigenvalue weighted by Gasteiger charge is -2.35. The van der Waals surface area contributed by atoms with Crippen molar-refractivity contribution in [2.24, 2.45) is 10.8 Å². The van der Waals surface area contributed by atoms with E-state index in [1.54, 1.807) is 10.8 Å². The van der Waals surface area contributed by atoms with E-state index in [-0.39, 0.29) is 0 Å². The van der Waals surface area contributed by atoms with E-state index >= 15 is 0 Å². The molecule has 0 radical (unpaired) electrons. The molecule has 1 saturated heterocycles. The first-order valence-electron chi connectivity index (χ1n) is 6.70. The van der Waals surface area contributed by atoms with Crippen LogP contribution in [0.5, 0.6) is 0 Å². The van der Waals surface area contributed by atoms with Gasteiger partial charge >= 0.3 is 0 Å². The molecule has 3 rings (SSSR count). The van der Waals surface area contributed by atoms with Crippen molar-refractivity contribution in [1.29, 1.82) is 0 Å². The molecule has 0 aromatic carbocycles. The molecule has 0 spiro atoms. The highest BCUT2D eigenvalue weighted by molar-refractivity contribution is 6.76. The molecular weight excluding hydrogens is 221 g/mol. The van der Waals surface area contributed by atoms with Gasteiger partial charge in [0.25, 0.3) is 0 Å². The molecule has 0 amide bonds. The van der Waals surface area contributed by atoms with Crippen molar-refractivity contribution in [2.75, 3.05) is 0 Å². The topological polar surface area (TPSA) is 30.2 Å². The zero-order valence-electron chi connectivity index (χ0n) is 11.6. The summed E-state index contributed by atoms with van der Waals surface area (Å²) in [6.07, 6.45) is 6.25. The third kappa shape index (κ3) is 1.58. The number of hydrogen-bond donors (Lipinski definition) is 0. The Hall–Kier alpha value is -1.32. The lowest BCUT2D eigenvalue weighted by Crippen LogP contribution is -2.27. The normalized spacial score (nSPS) is 21.7. The fourth-order valence-electron chi connectivity index (χ4n) is 3.24. The van der Waals surface area contributed by atoms with Crippen molar-refractivity contribution in [3.8, 4) is 0 Å². The van der Waals surface area contributed by atoms with Crippen LogP contribution in [0.15, 0.2) is 24.5 Å². The van der Waals surface area contributed by atoms with E-state index in [0.29, 0.717) is 17.5 Å². The van der Waals surface area contributed by atoms with Gasteiger partial charge in [0.2, 0.25) is 0 Å². The Balaban J connectivity index is 2.03. The van der Waals surface area contributed by atoms with E-state index in [0.717, 1.165) is 5.52 Å². The van der Waals surface area contributed by atoms with E-state index in [4.69, 9.17) is 0 Å². The highest BCUT2D eigenvalue weighted by Crippen LogP contribution is 2.52. The van der Waals surface area contributed by atoms with Crippen LogP contribution in [-0.2, 0) is 0 Å². The summed E-state index contributed by atoms with van der Waals surface area (Å²) in [5.74, 6) is 0. The summed E-state index contributed by atoms with van der Waals surface area (Å²) in [4.78, 5) is 0. The highest BCUT2D eigenvalue weighted by atomic mass is 15.4. The summed E-state index contributed by atoms with van der Waals surface area (Å²) < 4.78 is 1.74. The first-order valence-corrected chi connectivity index (χ1v) is 6.70. The minimum atomic E-state index is 0.383. The molecule has 0 unspecified atom stereocenters. The average molecular weight is 241 g/mol. The SMILES string of the molecule is CC1(C)CB(c2cnn3ncccc23)CC1(C)C. The van der Waals surface area contributed by atoms with Crippen LogP contribution in [0.1, 0.15) is 27.7 Å². The third-order valence-electron chi connectivity index (χ3n) is 5.12. The molecule has 3 nitrogen and oxygen atoms in total. The van der Waals surface area contributed by atoms with Crippen molar-refractivity contribution >= 4 is 17.7 Å². The van der Waals surface area contributed by atoms with Gasteiger partial charge in [-0.3, -0.25) is 0 Å². The van der Waals surface area contributed by atoms with Gasteiger partial charge in [-0.1, -0.05) is 40.3 Å². The highest BCUT2D eigenvalue weighted by Gasteiger charge is 2.48. The maximum atomic E-state index is 4.36. The van der Waals surface area contributed by atoms with Crippen molar-refractivity contribution in [3.05, 3.63) is 24.5 Å². The lowest BCUT2D eigenvalue weighted by molar-refractivity contribution is 0.177. The van der Waals surface area contributed by atoms with E-state index < -0.39 is 0 Å². The van der Waals surface area contributed by atoms with Crippen LogP contribution in [0.3, 0.4) is 0 Å². The van der Waals surface area contributed by atoms with Crippen LogP contribution in [0, 0.1) is 10.8 Å². The fraction of sp³-hybridized carbons (Fsp3) is 0.571. The number of hydrogen-bond acceptors (Lipinski definition) is 2. The Morgan fingerprint density at radius 2 is 1.78 bits per heavy atom. The predicted molar refractivity (Wildman–Crippen MR) is 75.6 cm³/mol. The van der Waals surface area contributed by atoms with Gasteiger partial charge in [0.15, 0.2) is 6.71 Å². The van der Waals surface area contributed by atoms with Crippen LogP contribution in [0.2, 0.25) is 12.6 Å². The second-order valence-corrected chi connectivity index (χ2v) is 6.87. The van der Waals surface area contributed by atoms with Crippen molar-refractivity contribution in [3.63, 3.8) is 0 Å². The van der Waals surface area contributed by atoms with Gasteiger partial charge in [-0.05, 0) is 28.4 Å². The zero-order valence-corrected chi connectivity index (χ0v) is 11.6. The van der Waals surface area contributed by atoms with Gasteiger partial charge in [0.1, 0.15) is 0 Å². The largest absolute Gasteiger partial charge is 0.182 e. The molecule has 1 fully saturated rings. The third-order valence-corrected chi connectivity index (χ3v) is 5.12. The molecule has 18 heavy (non-hydrogen) atoms. The molecule has 0 aliphatic carbocycles. The quantitative estimate of drug-likeness (QED) is 0.718. The van der Waals surface area contributed by atoms with E-state index in [2.05, 4.69) is 44.0 Å². The minimum absolute atomic E-state index is 0.383. The average Bonchev–Trinajstić information content (AvgIpc) is 2.78. The van der Waals surface area contributed by atoms with Gasteiger partial charge in [0.05, 0.1) is 5.52 Å². The number of nitrogens with zero attached hydrogens (tertiary/aromatic N) is 3. The molecule has 0 bridgehead atoms. The molecule has 2 aromatic rings.